The van der Waals surface area contributed by atoms with Crippen molar-refractivity contribution in [3.05, 3.63) is 12.2 Å². The van der Waals surface area contributed by atoms with Gasteiger partial charge in [0.05, 0.1) is 6.42 Å². The van der Waals surface area contributed by atoms with Gasteiger partial charge in [-0.3, -0.25) is 4.79 Å². The summed E-state index contributed by atoms with van der Waals surface area (Å²) in [6.07, 6.45) is 3.04. The van der Waals surface area contributed by atoms with Gasteiger partial charge >= 0.3 is 0 Å². The zero-order chi connectivity index (χ0) is 11.7. The van der Waals surface area contributed by atoms with Crippen LogP contribution < -0.4 is 0 Å². The Hall–Kier alpha value is -1.19. The Morgan fingerprint density at radius 3 is 2.88 bits per heavy atom. The second-order valence-corrected chi connectivity index (χ2v) is 5.21. The minimum Gasteiger partial charge on any atom is -0.299 e. The molecule has 2 rings (SSSR count). The first-order valence-corrected chi connectivity index (χ1v) is 5.97. The first-order chi connectivity index (χ1) is 7.58. The molecule has 0 spiro atoms. The molecule has 1 aromatic rings. The van der Waals surface area contributed by atoms with Gasteiger partial charge in [0.15, 0.2) is 0 Å². The van der Waals surface area contributed by atoms with Crippen molar-refractivity contribution in [2.24, 2.45) is 17.8 Å². The van der Waals surface area contributed by atoms with Crippen LogP contribution in [-0.4, -0.2) is 20.5 Å². The molecule has 1 heterocycles. The zero-order valence-electron chi connectivity index (χ0n) is 10.2. The summed E-state index contributed by atoms with van der Waals surface area (Å²) in [6.45, 7) is 7.23. The highest BCUT2D eigenvalue weighted by Crippen LogP contribution is 2.38. The van der Waals surface area contributed by atoms with Gasteiger partial charge in [-0.05, 0) is 18.3 Å². The zero-order valence-corrected chi connectivity index (χ0v) is 10.2. The monoisotopic (exact) mass is 221 g/mol. The van der Waals surface area contributed by atoms with E-state index in [1.54, 1.807) is 6.33 Å². The average molecular weight is 221 g/mol. The van der Waals surface area contributed by atoms with E-state index in [1.165, 1.54) is 0 Å². The quantitative estimate of drug-likeness (QED) is 0.760. The van der Waals surface area contributed by atoms with Crippen molar-refractivity contribution in [3.8, 4) is 0 Å². The van der Waals surface area contributed by atoms with Crippen molar-refractivity contribution in [2.45, 2.75) is 40.2 Å². The van der Waals surface area contributed by atoms with Crippen LogP contribution in [0.5, 0.6) is 0 Å². The molecular weight excluding hydrogens is 202 g/mol. The number of carbonyl (C=O) groups excluding carboxylic acids is 1. The highest BCUT2D eigenvalue weighted by molar-refractivity contribution is 5.85. The second-order valence-electron chi connectivity index (χ2n) is 5.21. The SMILES string of the molecule is CC(C)Cn1ncnc1CC(=O)C1CC1C. The lowest BCUT2D eigenvalue weighted by atomic mass is 10.1. The maximum Gasteiger partial charge on any atom is 0.143 e. The summed E-state index contributed by atoms with van der Waals surface area (Å²) in [5.74, 6) is 2.52. The number of ketones is 1. The molecule has 0 aromatic carbocycles. The van der Waals surface area contributed by atoms with Crippen LogP contribution in [0.1, 0.15) is 33.0 Å². The van der Waals surface area contributed by atoms with Gasteiger partial charge in [-0.1, -0.05) is 20.8 Å². The van der Waals surface area contributed by atoms with E-state index in [4.69, 9.17) is 0 Å². The summed E-state index contributed by atoms with van der Waals surface area (Å²) in [5, 5.41) is 4.16. The van der Waals surface area contributed by atoms with Crippen LogP contribution in [0.25, 0.3) is 0 Å². The highest BCUT2D eigenvalue weighted by atomic mass is 16.1. The number of carbonyl (C=O) groups is 1. The molecule has 0 saturated heterocycles. The van der Waals surface area contributed by atoms with E-state index >= 15 is 0 Å². The molecule has 0 radical (unpaired) electrons. The van der Waals surface area contributed by atoms with E-state index in [0.29, 0.717) is 24.0 Å². The first kappa shape index (κ1) is 11.3. The predicted octanol–water partition coefficient (Wildman–Crippen LogP) is 1.70. The fraction of sp³-hybridized carbons (Fsp3) is 0.750. The summed E-state index contributed by atoms with van der Waals surface area (Å²) in [5.41, 5.74) is 0. The first-order valence-electron chi connectivity index (χ1n) is 5.97. The molecule has 0 bridgehead atoms. The molecule has 0 aliphatic heterocycles. The molecule has 0 amide bonds. The van der Waals surface area contributed by atoms with Crippen molar-refractivity contribution in [2.75, 3.05) is 0 Å². The van der Waals surface area contributed by atoms with E-state index in [2.05, 4.69) is 30.9 Å². The summed E-state index contributed by atoms with van der Waals surface area (Å²) in [4.78, 5) is 16.0. The van der Waals surface area contributed by atoms with Gasteiger partial charge < -0.3 is 0 Å². The van der Waals surface area contributed by atoms with Crippen molar-refractivity contribution < 1.29 is 4.79 Å². The third kappa shape index (κ3) is 2.49. The fourth-order valence-corrected chi connectivity index (χ4v) is 1.98. The van der Waals surface area contributed by atoms with Gasteiger partial charge in [0.25, 0.3) is 0 Å². The lowest BCUT2D eigenvalue weighted by Crippen LogP contribution is -2.15. The molecule has 4 nitrogen and oxygen atoms in total. The average Bonchev–Trinajstić information content (AvgIpc) is 2.78. The molecule has 16 heavy (non-hydrogen) atoms. The maximum atomic E-state index is 11.8. The third-order valence-corrected chi connectivity index (χ3v) is 3.09. The van der Waals surface area contributed by atoms with E-state index in [1.807, 2.05) is 4.68 Å². The van der Waals surface area contributed by atoms with E-state index in [9.17, 15) is 4.79 Å². The van der Waals surface area contributed by atoms with Crippen LogP contribution in [0.2, 0.25) is 0 Å². The molecular formula is C12H19N3O. The molecule has 1 aliphatic rings. The van der Waals surface area contributed by atoms with Crippen molar-refractivity contribution in [1.29, 1.82) is 0 Å². The molecule has 2 atom stereocenters. The van der Waals surface area contributed by atoms with Crippen molar-refractivity contribution in [1.82, 2.24) is 14.8 Å². The third-order valence-electron chi connectivity index (χ3n) is 3.09. The molecule has 1 aromatic heterocycles. The smallest absolute Gasteiger partial charge is 0.143 e. The highest BCUT2D eigenvalue weighted by Gasteiger charge is 2.38. The topological polar surface area (TPSA) is 47.8 Å². The van der Waals surface area contributed by atoms with Crippen molar-refractivity contribution in [3.63, 3.8) is 0 Å². The predicted molar refractivity (Wildman–Crippen MR) is 60.8 cm³/mol. The van der Waals surface area contributed by atoms with Gasteiger partial charge in [-0.25, -0.2) is 9.67 Å². The Morgan fingerprint density at radius 2 is 2.31 bits per heavy atom. The number of nitrogens with zero attached hydrogens (tertiary/aromatic N) is 3. The molecule has 88 valence electrons. The molecule has 1 aliphatic carbocycles. The molecule has 2 unspecified atom stereocenters. The Morgan fingerprint density at radius 1 is 1.62 bits per heavy atom. The summed E-state index contributed by atoms with van der Waals surface area (Å²) in [6, 6.07) is 0. The number of rotatable bonds is 5. The van der Waals surface area contributed by atoms with Crippen LogP contribution in [0.4, 0.5) is 0 Å². The van der Waals surface area contributed by atoms with Gasteiger partial charge in [0, 0.05) is 12.5 Å². The van der Waals surface area contributed by atoms with Gasteiger partial charge in [0.1, 0.15) is 17.9 Å². The van der Waals surface area contributed by atoms with E-state index in [0.717, 1.165) is 18.8 Å². The van der Waals surface area contributed by atoms with Gasteiger partial charge in [-0.2, -0.15) is 5.10 Å². The molecule has 0 N–H and O–H groups in total. The minimum atomic E-state index is 0.282. The summed E-state index contributed by atoms with van der Waals surface area (Å²) in [7, 11) is 0. The molecule has 4 heteroatoms. The number of hydrogen-bond donors (Lipinski definition) is 0. The minimum absolute atomic E-state index is 0.282. The summed E-state index contributed by atoms with van der Waals surface area (Å²) >= 11 is 0. The standard InChI is InChI=1S/C12H19N3O/c1-8(2)6-15-12(13-7-14-15)5-11(16)10-4-9(10)3/h7-10H,4-6H2,1-3H3. The number of Topliss-reactive ketones (excluding diaryl/α,β-unsaturated/α-hetero) is 1. The Labute approximate surface area is 96.1 Å². The van der Waals surface area contributed by atoms with Gasteiger partial charge in [0.2, 0.25) is 0 Å². The van der Waals surface area contributed by atoms with Crippen molar-refractivity contribution >= 4 is 5.78 Å². The van der Waals surface area contributed by atoms with Crippen LogP contribution >= 0.6 is 0 Å². The van der Waals surface area contributed by atoms with Crippen LogP contribution in [0.3, 0.4) is 0 Å². The molecule has 1 saturated carbocycles. The summed E-state index contributed by atoms with van der Waals surface area (Å²) < 4.78 is 1.86. The lowest BCUT2D eigenvalue weighted by molar-refractivity contribution is -0.120. The van der Waals surface area contributed by atoms with Gasteiger partial charge in [-0.15, -0.1) is 0 Å². The molecule has 1 fully saturated rings. The fourth-order valence-electron chi connectivity index (χ4n) is 1.98. The largest absolute Gasteiger partial charge is 0.299 e. The van der Waals surface area contributed by atoms with Crippen LogP contribution in [0, 0.1) is 17.8 Å². The number of aromatic nitrogens is 3. The van der Waals surface area contributed by atoms with Crippen LogP contribution in [0.15, 0.2) is 6.33 Å². The Balaban J connectivity index is 1.98. The lowest BCUT2D eigenvalue weighted by Gasteiger charge is -2.07. The Kier molecular flexibility index (Phi) is 3.08. The van der Waals surface area contributed by atoms with Crippen LogP contribution in [-0.2, 0) is 17.8 Å². The maximum absolute atomic E-state index is 11.8. The Bertz CT molecular complexity index is 383. The van der Waals surface area contributed by atoms with E-state index in [-0.39, 0.29) is 5.92 Å². The normalized spacial score (nSPS) is 23.8. The number of hydrogen-bond acceptors (Lipinski definition) is 3. The second kappa shape index (κ2) is 4.36. The van der Waals surface area contributed by atoms with E-state index < -0.39 is 0 Å².